The number of nitrogens with zero attached hydrogens (tertiary/aromatic N) is 4. The highest BCUT2D eigenvalue weighted by Crippen LogP contribution is 2.23. The summed E-state index contributed by atoms with van der Waals surface area (Å²) in [4.78, 5) is 47.0. The Morgan fingerprint density at radius 2 is 1.66 bits per heavy atom. The van der Waals surface area contributed by atoms with Crippen LogP contribution in [0.5, 0.6) is 0 Å². The van der Waals surface area contributed by atoms with Crippen LogP contribution in [0, 0.1) is 5.92 Å². The van der Waals surface area contributed by atoms with Crippen molar-refractivity contribution in [1.82, 2.24) is 19.4 Å². The molecule has 0 bridgehead atoms. The van der Waals surface area contributed by atoms with Gasteiger partial charge in [0.25, 0.3) is 17.6 Å². The number of carbonyl (C=O) groups is 3. The molecule has 0 saturated carbocycles. The van der Waals surface area contributed by atoms with Crippen LogP contribution in [0.1, 0.15) is 48.4 Å². The summed E-state index contributed by atoms with van der Waals surface area (Å²) in [7, 11) is 1.81. The average molecular weight is 477 g/mol. The SMILES string of the molecule is C=C.CC.CC(C)C1CN(C(=O)c2ccccc2)CCN1C(=O)C(=O)c1cn(C)c2ncccc12. The monoisotopic (exact) mass is 476 g/mol. The lowest BCUT2D eigenvalue weighted by atomic mass is 9.97. The molecule has 4 rings (SSSR count). The topological polar surface area (TPSA) is 75.5 Å². The molecule has 1 saturated heterocycles. The number of piperazine rings is 1. The highest BCUT2D eigenvalue weighted by molar-refractivity contribution is 6.44. The van der Waals surface area contributed by atoms with E-state index in [0.717, 1.165) is 0 Å². The lowest BCUT2D eigenvalue weighted by molar-refractivity contribution is -0.132. The van der Waals surface area contributed by atoms with Crippen LogP contribution in [0.25, 0.3) is 11.0 Å². The number of Topliss-reactive ketones (excluding diaryl/α,β-unsaturated/α-hetero) is 1. The number of pyridine rings is 1. The summed E-state index contributed by atoms with van der Waals surface area (Å²) >= 11 is 0. The molecule has 3 aromatic rings. The van der Waals surface area contributed by atoms with Crippen molar-refractivity contribution < 1.29 is 14.4 Å². The van der Waals surface area contributed by atoms with Crippen LogP contribution in [0.4, 0.5) is 0 Å². The largest absolute Gasteiger partial charge is 0.335 e. The summed E-state index contributed by atoms with van der Waals surface area (Å²) < 4.78 is 1.76. The van der Waals surface area contributed by atoms with Gasteiger partial charge in [-0.3, -0.25) is 14.4 Å². The number of rotatable bonds is 4. The van der Waals surface area contributed by atoms with Gasteiger partial charge in [-0.05, 0) is 30.2 Å². The highest BCUT2D eigenvalue weighted by atomic mass is 16.2. The number of fused-ring (bicyclic) bond motifs is 1. The Kier molecular flexibility index (Phi) is 9.94. The van der Waals surface area contributed by atoms with Crippen LogP contribution in [0.2, 0.25) is 0 Å². The van der Waals surface area contributed by atoms with Crippen LogP contribution >= 0.6 is 0 Å². The first-order chi connectivity index (χ1) is 16.9. The summed E-state index contributed by atoms with van der Waals surface area (Å²) in [5.74, 6) is -1.02. The third kappa shape index (κ3) is 5.85. The Bertz CT molecular complexity index is 1150. The van der Waals surface area contributed by atoms with E-state index in [9.17, 15) is 14.4 Å². The van der Waals surface area contributed by atoms with Crippen molar-refractivity contribution >= 4 is 28.6 Å². The first kappa shape index (κ1) is 27.5. The summed E-state index contributed by atoms with van der Waals surface area (Å²) in [6, 6.07) is 12.5. The molecule has 0 radical (unpaired) electrons. The van der Waals surface area contributed by atoms with Gasteiger partial charge < -0.3 is 14.4 Å². The van der Waals surface area contributed by atoms with E-state index in [4.69, 9.17) is 0 Å². The number of ketones is 1. The van der Waals surface area contributed by atoms with E-state index in [0.29, 0.717) is 41.8 Å². The van der Waals surface area contributed by atoms with E-state index in [1.165, 1.54) is 0 Å². The van der Waals surface area contributed by atoms with Gasteiger partial charge in [-0.1, -0.05) is 45.9 Å². The maximum atomic E-state index is 13.3. The Morgan fingerprint density at radius 1 is 1.00 bits per heavy atom. The van der Waals surface area contributed by atoms with Gasteiger partial charge in [-0.25, -0.2) is 4.98 Å². The van der Waals surface area contributed by atoms with Crippen LogP contribution in [-0.4, -0.2) is 62.6 Å². The molecule has 2 amide bonds. The second-order valence-electron chi connectivity index (χ2n) is 8.28. The molecule has 0 spiro atoms. The van der Waals surface area contributed by atoms with E-state index < -0.39 is 11.7 Å². The van der Waals surface area contributed by atoms with E-state index in [2.05, 4.69) is 18.1 Å². The zero-order valence-corrected chi connectivity index (χ0v) is 21.4. The fraction of sp³-hybridized carbons (Fsp3) is 0.357. The second-order valence-corrected chi connectivity index (χ2v) is 8.28. The van der Waals surface area contributed by atoms with Gasteiger partial charge in [0.05, 0.1) is 11.6 Å². The standard InChI is InChI=1S/C24H26N4O3.C2H6.C2H4/c1-16(2)20-15-27(23(30)17-8-5-4-6-9-17)12-13-28(20)24(31)21(29)19-14-26(3)22-18(19)10-7-11-25-22;2*1-2/h4-11,14,16,20H,12-13,15H2,1-3H3;1-2H3;1-2H2. The Morgan fingerprint density at radius 3 is 2.29 bits per heavy atom. The van der Waals surface area contributed by atoms with Gasteiger partial charge in [0.15, 0.2) is 0 Å². The molecule has 7 nitrogen and oxygen atoms in total. The molecule has 186 valence electrons. The van der Waals surface area contributed by atoms with Gasteiger partial charge in [-0.2, -0.15) is 0 Å². The maximum absolute atomic E-state index is 13.3. The van der Waals surface area contributed by atoms with Crippen LogP contribution in [0.15, 0.2) is 68.0 Å². The summed E-state index contributed by atoms with van der Waals surface area (Å²) in [6.07, 6.45) is 3.33. The van der Waals surface area contributed by atoms with Crippen LogP contribution in [-0.2, 0) is 11.8 Å². The zero-order chi connectivity index (χ0) is 26.1. The molecule has 35 heavy (non-hydrogen) atoms. The van der Waals surface area contributed by atoms with E-state index >= 15 is 0 Å². The molecule has 1 aliphatic heterocycles. The molecule has 1 unspecified atom stereocenters. The minimum atomic E-state index is -0.535. The molecule has 0 aliphatic carbocycles. The normalized spacial score (nSPS) is 15.1. The number of hydrogen-bond donors (Lipinski definition) is 0. The van der Waals surface area contributed by atoms with Crippen molar-refractivity contribution in [2.45, 2.75) is 33.7 Å². The van der Waals surface area contributed by atoms with E-state index in [1.807, 2.05) is 52.9 Å². The molecular formula is C28H36N4O3. The number of hydrogen-bond acceptors (Lipinski definition) is 4. The molecular weight excluding hydrogens is 440 g/mol. The fourth-order valence-electron chi connectivity index (χ4n) is 4.22. The average Bonchev–Trinajstić information content (AvgIpc) is 3.26. The van der Waals surface area contributed by atoms with Crippen LogP contribution in [0.3, 0.4) is 0 Å². The third-order valence-electron chi connectivity index (χ3n) is 5.93. The van der Waals surface area contributed by atoms with Crippen molar-refractivity contribution in [1.29, 1.82) is 0 Å². The van der Waals surface area contributed by atoms with Crippen molar-refractivity contribution in [2.24, 2.45) is 13.0 Å². The van der Waals surface area contributed by atoms with Gasteiger partial charge in [0, 0.05) is 50.0 Å². The van der Waals surface area contributed by atoms with Crippen molar-refractivity contribution in [3.8, 4) is 0 Å². The summed E-state index contributed by atoms with van der Waals surface area (Å²) in [6.45, 7) is 15.1. The lowest BCUT2D eigenvalue weighted by Crippen LogP contribution is -2.59. The fourth-order valence-corrected chi connectivity index (χ4v) is 4.22. The van der Waals surface area contributed by atoms with Gasteiger partial charge in [0.2, 0.25) is 0 Å². The third-order valence-corrected chi connectivity index (χ3v) is 5.93. The number of amides is 2. The van der Waals surface area contributed by atoms with Crippen molar-refractivity contribution in [3.63, 3.8) is 0 Å². The molecule has 1 aliphatic rings. The van der Waals surface area contributed by atoms with Crippen molar-refractivity contribution in [2.75, 3.05) is 19.6 Å². The Labute approximate surface area is 208 Å². The molecule has 1 aromatic carbocycles. The smallest absolute Gasteiger partial charge is 0.295 e. The summed E-state index contributed by atoms with van der Waals surface area (Å²) in [5.41, 5.74) is 1.65. The van der Waals surface area contributed by atoms with Gasteiger partial charge in [-0.15, -0.1) is 13.2 Å². The second kappa shape index (κ2) is 12.6. The van der Waals surface area contributed by atoms with Crippen LogP contribution < -0.4 is 0 Å². The molecule has 7 heteroatoms. The predicted octanol–water partition coefficient (Wildman–Crippen LogP) is 4.59. The first-order valence-electron chi connectivity index (χ1n) is 12.0. The Balaban J connectivity index is 0.00000103. The summed E-state index contributed by atoms with van der Waals surface area (Å²) in [5, 5.41) is 0.669. The number of aromatic nitrogens is 2. The molecule has 1 atom stereocenters. The number of aryl methyl sites for hydroxylation is 1. The zero-order valence-electron chi connectivity index (χ0n) is 21.4. The highest BCUT2D eigenvalue weighted by Gasteiger charge is 2.37. The minimum absolute atomic E-state index is 0.0511. The minimum Gasteiger partial charge on any atom is -0.335 e. The molecule has 0 N–H and O–H groups in total. The maximum Gasteiger partial charge on any atom is 0.295 e. The number of carbonyl (C=O) groups excluding carboxylic acids is 3. The number of benzene rings is 1. The lowest BCUT2D eigenvalue weighted by Gasteiger charge is -2.43. The molecule has 1 fully saturated rings. The first-order valence-corrected chi connectivity index (χ1v) is 12.0. The van der Waals surface area contributed by atoms with E-state index in [1.54, 1.807) is 51.0 Å². The van der Waals surface area contributed by atoms with Gasteiger partial charge in [0.1, 0.15) is 5.65 Å². The van der Waals surface area contributed by atoms with Crippen molar-refractivity contribution in [3.05, 3.63) is 79.1 Å². The molecule has 3 heterocycles. The Hall–Kier alpha value is -3.74. The quantitative estimate of drug-likeness (QED) is 0.313. The molecule has 2 aromatic heterocycles. The van der Waals surface area contributed by atoms with E-state index in [-0.39, 0.29) is 17.9 Å². The van der Waals surface area contributed by atoms with Gasteiger partial charge >= 0.3 is 0 Å². The predicted molar refractivity (Wildman–Crippen MR) is 140 cm³/mol.